The van der Waals surface area contributed by atoms with E-state index in [9.17, 15) is 4.79 Å². The third-order valence-corrected chi connectivity index (χ3v) is 3.31. The summed E-state index contributed by atoms with van der Waals surface area (Å²) in [5.74, 6) is 0.106. The minimum atomic E-state index is -0.790. The highest BCUT2D eigenvalue weighted by Crippen LogP contribution is 2.17. The molecule has 0 saturated carbocycles. The lowest BCUT2D eigenvalue weighted by molar-refractivity contribution is -0.136. The van der Waals surface area contributed by atoms with Crippen molar-refractivity contribution in [2.75, 3.05) is 0 Å². The Morgan fingerprint density at radius 1 is 1.29 bits per heavy atom. The molecule has 0 aliphatic carbocycles. The summed E-state index contributed by atoms with van der Waals surface area (Å²) in [7, 11) is 0. The summed E-state index contributed by atoms with van der Waals surface area (Å²) in [6.45, 7) is 1.41. The van der Waals surface area contributed by atoms with E-state index >= 15 is 0 Å². The van der Waals surface area contributed by atoms with Gasteiger partial charge in [-0.15, -0.1) is 11.3 Å². The Morgan fingerprint density at radius 3 is 2.82 bits per heavy atom. The van der Waals surface area contributed by atoms with E-state index in [0.717, 1.165) is 22.1 Å². The first-order valence-corrected chi connectivity index (χ1v) is 6.08. The third-order valence-electron chi connectivity index (χ3n) is 2.22. The van der Waals surface area contributed by atoms with Gasteiger partial charge in [-0.05, 0) is 24.3 Å². The van der Waals surface area contributed by atoms with Gasteiger partial charge in [0.15, 0.2) is 0 Å². The maximum atomic E-state index is 10.5. The Labute approximate surface area is 103 Å². The number of nitrogens with one attached hydrogen (secondary N) is 1. The van der Waals surface area contributed by atoms with E-state index < -0.39 is 5.97 Å². The summed E-state index contributed by atoms with van der Waals surface area (Å²) in [6.07, 6.45) is 1.75. The average Bonchev–Trinajstić information content (AvgIpc) is 2.89. The number of carboxylic acids is 1. The molecule has 4 nitrogen and oxygen atoms in total. The molecule has 17 heavy (non-hydrogen) atoms. The minimum Gasteiger partial charge on any atom is -0.481 e. The van der Waals surface area contributed by atoms with E-state index in [-0.39, 0.29) is 6.42 Å². The molecule has 2 heterocycles. The lowest BCUT2D eigenvalue weighted by Gasteiger charge is -1.99. The van der Waals surface area contributed by atoms with Crippen LogP contribution in [0.3, 0.4) is 0 Å². The Morgan fingerprint density at radius 2 is 2.12 bits per heavy atom. The quantitative estimate of drug-likeness (QED) is 0.826. The van der Waals surface area contributed by atoms with Crippen LogP contribution in [0.5, 0.6) is 0 Å². The van der Waals surface area contributed by atoms with E-state index in [1.165, 1.54) is 11.3 Å². The lowest BCUT2D eigenvalue weighted by Crippen LogP contribution is -2.10. The zero-order chi connectivity index (χ0) is 12.1. The number of thiophene rings is 1. The van der Waals surface area contributed by atoms with E-state index in [4.69, 9.17) is 9.52 Å². The SMILES string of the molecule is O=C(O)Cc1ccc(CNCc2ccco2)s1. The fraction of sp³-hybridized carbons (Fsp3) is 0.250. The van der Waals surface area contributed by atoms with Crippen LogP contribution < -0.4 is 5.32 Å². The second-order valence-electron chi connectivity index (χ2n) is 3.62. The third kappa shape index (κ3) is 3.72. The standard InChI is InChI=1S/C12H13NO3S/c14-12(15)6-10-3-4-11(17-10)8-13-7-9-2-1-5-16-9/h1-5,13H,6-8H2,(H,14,15). The summed E-state index contributed by atoms with van der Waals surface area (Å²) in [4.78, 5) is 12.5. The van der Waals surface area contributed by atoms with Crippen LogP contribution in [0.2, 0.25) is 0 Å². The fourth-order valence-corrected chi connectivity index (χ4v) is 2.46. The number of furan rings is 1. The molecule has 0 amide bonds. The van der Waals surface area contributed by atoms with Crippen LogP contribution in [0.4, 0.5) is 0 Å². The smallest absolute Gasteiger partial charge is 0.308 e. The predicted molar refractivity (Wildman–Crippen MR) is 64.9 cm³/mol. The predicted octanol–water partition coefficient (Wildman–Crippen LogP) is 2.26. The van der Waals surface area contributed by atoms with Crippen LogP contribution >= 0.6 is 11.3 Å². The van der Waals surface area contributed by atoms with Crippen molar-refractivity contribution in [2.45, 2.75) is 19.5 Å². The molecule has 0 spiro atoms. The molecule has 2 N–H and O–H groups in total. The maximum absolute atomic E-state index is 10.5. The number of carboxylic acid groups (broad SMARTS) is 1. The summed E-state index contributed by atoms with van der Waals surface area (Å²) in [6, 6.07) is 7.59. The van der Waals surface area contributed by atoms with Crippen molar-refractivity contribution in [1.82, 2.24) is 5.32 Å². The molecule has 0 aliphatic heterocycles. The molecule has 0 aromatic carbocycles. The molecular weight excluding hydrogens is 238 g/mol. The Kier molecular flexibility index (Phi) is 3.95. The fourth-order valence-electron chi connectivity index (χ4n) is 1.48. The molecule has 2 aromatic heterocycles. The van der Waals surface area contributed by atoms with Crippen molar-refractivity contribution in [1.29, 1.82) is 0 Å². The van der Waals surface area contributed by atoms with Crippen molar-refractivity contribution >= 4 is 17.3 Å². The van der Waals surface area contributed by atoms with Crippen molar-refractivity contribution in [3.63, 3.8) is 0 Å². The van der Waals surface area contributed by atoms with Gasteiger partial charge in [-0.2, -0.15) is 0 Å². The van der Waals surface area contributed by atoms with Crippen molar-refractivity contribution < 1.29 is 14.3 Å². The molecule has 2 aromatic rings. The molecule has 5 heteroatoms. The van der Waals surface area contributed by atoms with Crippen LogP contribution in [-0.2, 0) is 24.3 Å². The summed E-state index contributed by atoms with van der Waals surface area (Å²) in [5, 5.41) is 11.9. The van der Waals surface area contributed by atoms with Gasteiger partial charge in [0.2, 0.25) is 0 Å². The van der Waals surface area contributed by atoms with Gasteiger partial charge >= 0.3 is 5.97 Å². The molecule has 0 aliphatic rings. The van der Waals surface area contributed by atoms with Crippen molar-refractivity contribution in [3.8, 4) is 0 Å². The molecule has 0 atom stereocenters. The van der Waals surface area contributed by atoms with Crippen molar-refractivity contribution in [3.05, 3.63) is 46.0 Å². The number of hydrogen-bond donors (Lipinski definition) is 2. The topological polar surface area (TPSA) is 62.5 Å². The number of hydrogen-bond acceptors (Lipinski definition) is 4. The number of aliphatic carboxylic acids is 1. The van der Waals surface area contributed by atoms with E-state index in [1.54, 1.807) is 6.26 Å². The van der Waals surface area contributed by atoms with Gasteiger partial charge in [0, 0.05) is 16.3 Å². The van der Waals surface area contributed by atoms with E-state index in [2.05, 4.69) is 5.32 Å². The van der Waals surface area contributed by atoms with Crippen LogP contribution in [0.15, 0.2) is 34.9 Å². The zero-order valence-corrected chi connectivity index (χ0v) is 10.00. The van der Waals surface area contributed by atoms with Gasteiger partial charge in [0.1, 0.15) is 5.76 Å². The highest BCUT2D eigenvalue weighted by Gasteiger charge is 2.04. The highest BCUT2D eigenvalue weighted by atomic mass is 32.1. The zero-order valence-electron chi connectivity index (χ0n) is 9.18. The highest BCUT2D eigenvalue weighted by molar-refractivity contribution is 7.12. The number of rotatable bonds is 6. The van der Waals surface area contributed by atoms with Crippen LogP contribution in [-0.4, -0.2) is 11.1 Å². The molecule has 0 bridgehead atoms. The normalized spacial score (nSPS) is 10.6. The molecule has 0 unspecified atom stereocenters. The Bertz CT molecular complexity index is 476. The second-order valence-corrected chi connectivity index (χ2v) is 4.87. The van der Waals surface area contributed by atoms with Gasteiger partial charge < -0.3 is 14.8 Å². The summed E-state index contributed by atoms with van der Waals surface area (Å²) >= 11 is 1.52. The van der Waals surface area contributed by atoms with E-state index in [1.807, 2.05) is 24.3 Å². The van der Waals surface area contributed by atoms with Crippen molar-refractivity contribution in [2.24, 2.45) is 0 Å². The number of carbonyl (C=O) groups is 1. The largest absolute Gasteiger partial charge is 0.481 e. The minimum absolute atomic E-state index is 0.100. The molecule has 0 radical (unpaired) electrons. The van der Waals surface area contributed by atoms with Crippen LogP contribution in [0.1, 0.15) is 15.5 Å². The first-order chi connectivity index (χ1) is 8.24. The lowest BCUT2D eigenvalue weighted by atomic mass is 10.3. The molecule has 90 valence electrons. The van der Waals surface area contributed by atoms with Crippen LogP contribution in [0.25, 0.3) is 0 Å². The van der Waals surface area contributed by atoms with Gasteiger partial charge in [-0.25, -0.2) is 0 Å². The molecule has 2 rings (SSSR count). The first-order valence-electron chi connectivity index (χ1n) is 5.26. The molecule has 0 saturated heterocycles. The second kappa shape index (κ2) is 5.65. The van der Waals surface area contributed by atoms with Gasteiger partial charge in [0.25, 0.3) is 0 Å². The van der Waals surface area contributed by atoms with Crippen LogP contribution in [0, 0.1) is 0 Å². The first kappa shape index (κ1) is 11.9. The van der Waals surface area contributed by atoms with E-state index in [0.29, 0.717) is 6.54 Å². The molecular formula is C12H13NO3S. The maximum Gasteiger partial charge on any atom is 0.308 e. The van der Waals surface area contributed by atoms with Gasteiger partial charge in [-0.1, -0.05) is 0 Å². The molecule has 0 fully saturated rings. The summed E-state index contributed by atoms with van der Waals surface area (Å²) in [5.41, 5.74) is 0. The van der Waals surface area contributed by atoms with Gasteiger partial charge in [-0.3, -0.25) is 4.79 Å². The monoisotopic (exact) mass is 251 g/mol. The Hall–Kier alpha value is -1.59. The summed E-state index contributed by atoms with van der Waals surface area (Å²) < 4.78 is 5.19. The average molecular weight is 251 g/mol. The van der Waals surface area contributed by atoms with Gasteiger partial charge in [0.05, 0.1) is 19.2 Å². The Balaban J connectivity index is 1.79.